The van der Waals surface area contributed by atoms with Crippen molar-refractivity contribution in [1.82, 2.24) is 15.5 Å². The van der Waals surface area contributed by atoms with Gasteiger partial charge in [-0.2, -0.15) is 5.10 Å². The molecule has 0 saturated heterocycles. The van der Waals surface area contributed by atoms with Crippen LogP contribution in [-0.2, 0) is 4.79 Å². The molecular formula is C7H11N5O2. The van der Waals surface area contributed by atoms with Crippen molar-refractivity contribution in [3.8, 4) is 0 Å². The summed E-state index contributed by atoms with van der Waals surface area (Å²) in [6, 6.07) is -0.745. The minimum Gasteiger partial charge on any atom is -0.396 e. The fourth-order valence-electron chi connectivity index (χ4n) is 0.817. The Bertz CT molecular complexity index is 359. The molecule has 0 aliphatic carbocycles. The lowest BCUT2D eigenvalue weighted by atomic mass is 10.3. The van der Waals surface area contributed by atoms with Crippen LogP contribution in [0.3, 0.4) is 0 Å². The van der Waals surface area contributed by atoms with Crippen LogP contribution in [0.1, 0.15) is 17.4 Å². The summed E-state index contributed by atoms with van der Waals surface area (Å²) in [5.41, 5.74) is 10.7. The zero-order valence-electron chi connectivity index (χ0n) is 7.57. The zero-order chi connectivity index (χ0) is 10.7. The first-order valence-corrected chi connectivity index (χ1v) is 3.91. The molecule has 0 aliphatic rings. The van der Waals surface area contributed by atoms with Crippen molar-refractivity contribution >= 4 is 17.5 Å². The maximum atomic E-state index is 11.4. The first-order valence-electron chi connectivity index (χ1n) is 3.91. The van der Waals surface area contributed by atoms with Gasteiger partial charge in [0.2, 0.25) is 5.91 Å². The summed E-state index contributed by atoms with van der Waals surface area (Å²) in [6.45, 7) is 1.48. The van der Waals surface area contributed by atoms with Crippen LogP contribution in [0, 0.1) is 0 Å². The Balaban J connectivity index is 2.69. The van der Waals surface area contributed by atoms with E-state index in [9.17, 15) is 9.59 Å². The average Bonchev–Trinajstić information content (AvgIpc) is 2.51. The molecule has 0 bridgehead atoms. The van der Waals surface area contributed by atoms with Crippen LogP contribution in [0.2, 0.25) is 0 Å². The monoisotopic (exact) mass is 197 g/mol. The van der Waals surface area contributed by atoms with E-state index >= 15 is 0 Å². The second-order valence-electron chi connectivity index (χ2n) is 2.80. The maximum absolute atomic E-state index is 11.4. The van der Waals surface area contributed by atoms with Crippen molar-refractivity contribution in [3.05, 3.63) is 11.9 Å². The molecule has 76 valence electrons. The molecule has 1 aromatic heterocycles. The highest BCUT2D eigenvalue weighted by atomic mass is 16.2. The minimum absolute atomic E-state index is 0.123. The topological polar surface area (TPSA) is 127 Å². The fraction of sp³-hybridized carbons (Fsp3) is 0.286. The number of nitrogens with zero attached hydrogens (tertiary/aromatic N) is 1. The quantitative estimate of drug-likeness (QED) is 0.475. The van der Waals surface area contributed by atoms with Gasteiger partial charge in [0.15, 0.2) is 0 Å². The second-order valence-corrected chi connectivity index (χ2v) is 2.80. The molecular weight excluding hydrogens is 186 g/mol. The van der Waals surface area contributed by atoms with Gasteiger partial charge in [0, 0.05) is 0 Å². The number of H-pyrrole nitrogens is 1. The number of primary amides is 1. The first kappa shape index (κ1) is 10.0. The Labute approximate surface area is 79.8 Å². The van der Waals surface area contributed by atoms with E-state index in [4.69, 9.17) is 11.5 Å². The van der Waals surface area contributed by atoms with Crippen LogP contribution in [-0.4, -0.2) is 28.1 Å². The maximum Gasteiger partial charge on any atom is 0.272 e. The highest BCUT2D eigenvalue weighted by Gasteiger charge is 2.16. The van der Waals surface area contributed by atoms with Crippen LogP contribution in [0.25, 0.3) is 0 Å². The molecule has 0 fully saturated rings. The van der Waals surface area contributed by atoms with Crippen molar-refractivity contribution < 1.29 is 9.59 Å². The lowest BCUT2D eigenvalue weighted by Gasteiger charge is -2.08. The molecule has 0 aromatic carbocycles. The van der Waals surface area contributed by atoms with E-state index < -0.39 is 17.9 Å². The third kappa shape index (κ3) is 2.00. The van der Waals surface area contributed by atoms with Crippen molar-refractivity contribution in [2.45, 2.75) is 13.0 Å². The summed E-state index contributed by atoms with van der Waals surface area (Å²) >= 11 is 0. The molecule has 2 amide bonds. The minimum atomic E-state index is -0.745. The van der Waals surface area contributed by atoms with E-state index in [0.717, 1.165) is 0 Å². The summed E-state index contributed by atoms with van der Waals surface area (Å²) in [5, 5.41) is 8.34. The molecule has 1 rings (SSSR count). The van der Waals surface area contributed by atoms with Crippen molar-refractivity contribution in [1.29, 1.82) is 0 Å². The summed E-state index contributed by atoms with van der Waals surface area (Å²) in [7, 11) is 0. The number of aromatic nitrogens is 2. The van der Waals surface area contributed by atoms with Crippen LogP contribution < -0.4 is 16.8 Å². The number of carbonyl (C=O) groups excluding carboxylic acids is 2. The predicted molar refractivity (Wildman–Crippen MR) is 49.1 cm³/mol. The number of aromatic amines is 1. The normalized spacial score (nSPS) is 12.1. The van der Waals surface area contributed by atoms with Crippen molar-refractivity contribution in [2.24, 2.45) is 5.73 Å². The van der Waals surface area contributed by atoms with Crippen LogP contribution in [0.5, 0.6) is 0 Å². The van der Waals surface area contributed by atoms with Gasteiger partial charge in [0.05, 0.1) is 11.9 Å². The van der Waals surface area contributed by atoms with E-state index in [1.807, 2.05) is 0 Å². The van der Waals surface area contributed by atoms with Gasteiger partial charge in [-0.25, -0.2) is 0 Å². The van der Waals surface area contributed by atoms with E-state index in [2.05, 4.69) is 15.5 Å². The average molecular weight is 197 g/mol. The lowest BCUT2D eigenvalue weighted by Crippen LogP contribution is -2.42. The van der Waals surface area contributed by atoms with Crippen LogP contribution in [0.4, 0.5) is 5.69 Å². The molecule has 0 aliphatic heterocycles. The third-order valence-corrected chi connectivity index (χ3v) is 1.67. The highest BCUT2D eigenvalue weighted by molar-refractivity contribution is 5.99. The Morgan fingerprint density at radius 2 is 2.29 bits per heavy atom. The first-order chi connectivity index (χ1) is 6.52. The van der Waals surface area contributed by atoms with Crippen LogP contribution >= 0.6 is 0 Å². The van der Waals surface area contributed by atoms with Gasteiger partial charge in [-0.3, -0.25) is 14.7 Å². The smallest absolute Gasteiger partial charge is 0.272 e. The molecule has 0 spiro atoms. The van der Waals surface area contributed by atoms with Crippen LogP contribution in [0.15, 0.2) is 6.20 Å². The Hall–Kier alpha value is -2.05. The largest absolute Gasteiger partial charge is 0.396 e. The Kier molecular flexibility index (Phi) is 2.70. The predicted octanol–water partition coefficient (Wildman–Crippen LogP) is -1.40. The van der Waals surface area contributed by atoms with Crippen molar-refractivity contribution in [3.63, 3.8) is 0 Å². The van der Waals surface area contributed by atoms with Gasteiger partial charge in [0.25, 0.3) is 5.91 Å². The van der Waals surface area contributed by atoms with E-state index in [1.54, 1.807) is 0 Å². The Morgan fingerprint density at radius 1 is 1.64 bits per heavy atom. The molecule has 0 unspecified atom stereocenters. The summed E-state index contributed by atoms with van der Waals surface area (Å²) in [4.78, 5) is 22.0. The van der Waals surface area contributed by atoms with E-state index in [1.165, 1.54) is 13.1 Å². The molecule has 1 heterocycles. The number of nitrogen functional groups attached to an aromatic ring is 1. The van der Waals surface area contributed by atoms with Gasteiger partial charge in [-0.1, -0.05) is 0 Å². The highest BCUT2D eigenvalue weighted by Crippen LogP contribution is 2.05. The third-order valence-electron chi connectivity index (χ3n) is 1.67. The molecule has 7 nitrogen and oxygen atoms in total. The van der Waals surface area contributed by atoms with Gasteiger partial charge < -0.3 is 16.8 Å². The number of hydrogen-bond donors (Lipinski definition) is 4. The SMILES string of the molecule is C[C@@H](NC(=O)c1[nH]ncc1N)C(N)=O. The molecule has 1 aromatic rings. The summed E-state index contributed by atoms with van der Waals surface area (Å²) in [6.07, 6.45) is 1.31. The number of nitrogens with one attached hydrogen (secondary N) is 2. The molecule has 7 heteroatoms. The summed E-state index contributed by atoms with van der Waals surface area (Å²) < 4.78 is 0. The standard InChI is InChI=1S/C7H11N5O2/c1-3(6(9)13)11-7(14)5-4(8)2-10-12-5/h2-3H,8H2,1H3,(H2,9,13)(H,10,12)(H,11,14)/t3-/m1/s1. The second kappa shape index (κ2) is 3.77. The van der Waals surface area contributed by atoms with Gasteiger partial charge in [0.1, 0.15) is 11.7 Å². The zero-order valence-corrected chi connectivity index (χ0v) is 7.57. The molecule has 0 radical (unpaired) electrons. The van der Waals surface area contributed by atoms with E-state index in [0.29, 0.717) is 0 Å². The number of nitrogens with two attached hydrogens (primary N) is 2. The fourth-order valence-corrected chi connectivity index (χ4v) is 0.817. The Morgan fingerprint density at radius 3 is 2.71 bits per heavy atom. The molecule has 6 N–H and O–H groups in total. The number of amides is 2. The number of carbonyl (C=O) groups is 2. The number of rotatable bonds is 3. The van der Waals surface area contributed by atoms with Gasteiger partial charge >= 0.3 is 0 Å². The molecule has 1 atom stereocenters. The summed E-state index contributed by atoms with van der Waals surface area (Å²) in [5.74, 6) is -1.12. The van der Waals surface area contributed by atoms with E-state index in [-0.39, 0.29) is 11.4 Å². The molecule has 0 saturated carbocycles. The van der Waals surface area contributed by atoms with Gasteiger partial charge in [-0.15, -0.1) is 0 Å². The lowest BCUT2D eigenvalue weighted by molar-refractivity contribution is -0.119. The number of anilines is 1. The molecule has 14 heavy (non-hydrogen) atoms. The van der Waals surface area contributed by atoms with Crippen molar-refractivity contribution in [2.75, 3.05) is 5.73 Å². The number of hydrogen-bond acceptors (Lipinski definition) is 4. The van der Waals surface area contributed by atoms with Gasteiger partial charge in [-0.05, 0) is 6.92 Å².